The van der Waals surface area contributed by atoms with Crippen LogP contribution in [-0.2, 0) is 0 Å². The summed E-state index contributed by atoms with van der Waals surface area (Å²) in [6.07, 6.45) is 7.45. The van der Waals surface area contributed by atoms with Gasteiger partial charge in [-0.3, -0.25) is 0 Å². The van der Waals surface area contributed by atoms with E-state index >= 15 is 0 Å². The van der Waals surface area contributed by atoms with E-state index in [0.29, 0.717) is 6.54 Å². The average Bonchev–Trinajstić information content (AvgIpc) is 2.79. The summed E-state index contributed by atoms with van der Waals surface area (Å²) in [7, 11) is 0. The van der Waals surface area contributed by atoms with Crippen LogP contribution in [-0.4, -0.2) is 18.3 Å². The standard InChI is InChI=1S/C18H29NO2/c1-2-13-21-16-9-7-15(8-10-16)17(20)18(14-19)11-5-3-4-6-12-18/h7-10,17,20H,2-6,11-14,19H2,1H3. The summed E-state index contributed by atoms with van der Waals surface area (Å²) in [6.45, 7) is 3.38. The normalized spacial score (nSPS) is 19.8. The number of benzene rings is 1. The van der Waals surface area contributed by atoms with E-state index in [0.717, 1.165) is 37.2 Å². The van der Waals surface area contributed by atoms with E-state index in [-0.39, 0.29) is 5.41 Å². The molecule has 1 aliphatic carbocycles. The number of hydrogen-bond donors (Lipinski definition) is 2. The number of ether oxygens (including phenoxy) is 1. The molecule has 3 nitrogen and oxygen atoms in total. The van der Waals surface area contributed by atoms with Crippen LogP contribution in [0.25, 0.3) is 0 Å². The van der Waals surface area contributed by atoms with Gasteiger partial charge in [0.25, 0.3) is 0 Å². The summed E-state index contributed by atoms with van der Waals surface area (Å²) >= 11 is 0. The van der Waals surface area contributed by atoms with Crippen LogP contribution in [0.4, 0.5) is 0 Å². The third kappa shape index (κ3) is 3.98. The molecule has 118 valence electrons. The van der Waals surface area contributed by atoms with Crippen LogP contribution in [0.5, 0.6) is 5.75 Å². The molecule has 0 saturated heterocycles. The Morgan fingerprint density at radius 2 is 1.76 bits per heavy atom. The molecule has 0 heterocycles. The minimum absolute atomic E-state index is 0.151. The lowest BCUT2D eigenvalue weighted by Crippen LogP contribution is -2.36. The maximum absolute atomic E-state index is 10.9. The Balaban J connectivity index is 2.11. The van der Waals surface area contributed by atoms with Crippen molar-refractivity contribution in [3.63, 3.8) is 0 Å². The van der Waals surface area contributed by atoms with Gasteiger partial charge in [0.2, 0.25) is 0 Å². The van der Waals surface area contributed by atoms with Crippen LogP contribution in [0.3, 0.4) is 0 Å². The minimum atomic E-state index is -0.471. The van der Waals surface area contributed by atoms with Gasteiger partial charge in [-0.2, -0.15) is 0 Å². The van der Waals surface area contributed by atoms with E-state index in [9.17, 15) is 5.11 Å². The van der Waals surface area contributed by atoms with E-state index in [1.807, 2.05) is 24.3 Å². The molecule has 0 bridgehead atoms. The first-order valence-electron chi connectivity index (χ1n) is 8.33. The van der Waals surface area contributed by atoms with Crippen LogP contribution in [0.2, 0.25) is 0 Å². The Morgan fingerprint density at radius 1 is 1.14 bits per heavy atom. The van der Waals surface area contributed by atoms with Crippen LogP contribution < -0.4 is 10.5 Å². The molecule has 0 amide bonds. The summed E-state index contributed by atoms with van der Waals surface area (Å²) < 4.78 is 5.60. The van der Waals surface area contributed by atoms with Crippen molar-refractivity contribution >= 4 is 0 Å². The van der Waals surface area contributed by atoms with Crippen LogP contribution >= 0.6 is 0 Å². The van der Waals surface area contributed by atoms with E-state index in [2.05, 4.69) is 6.92 Å². The van der Waals surface area contributed by atoms with E-state index in [1.165, 1.54) is 25.7 Å². The highest BCUT2D eigenvalue weighted by Crippen LogP contribution is 2.44. The van der Waals surface area contributed by atoms with Gasteiger partial charge < -0.3 is 15.6 Å². The van der Waals surface area contributed by atoms with Gasteiger partial charge in [-0.05, 0) is 37.0 Å². The highest BCUT2D eigenvalue weighted by molar-refractivity contribution is 5.29. The number of aliphatic hydroxyl groups is 1. The topological polar surface area (TPSA) is 55.5 Å². The zero-order valence-corrected chi connectivity index (χ0v) is 13.2. The average molecular weight is 291 g/mol. The Morgan fingerprint density at radius 3 is 2.29 bits per heavy atom. The first-order chi connectivity index (χ1) is 10.2. The van der Waals surface area contributed by atoms with E-state index < -0.39 is 6.10 Å². The molecule has 1 aromatic rings. The van der Waals surface area contributed by atoms with Gasteiger partial charge in [0, 0.05) is 12.0 Å². The van der Waals surface area contributed by atoms with Crippen molar-refractivity contribution in [3.8, 4) is 5.75 Å². The zero-order valence-electron chi connectivity index (χ0n) is 13.2. The van der Waals surface area contributed by atoms with Crippen LogP contribution in [0.1, 0.15) is 63.5 Å². The van der Waals surface area contributed by atoms with E-state index in [4.69, 9.17) is 10.5 Å². The fourth-order valence-electron chi connectivity index (χ4n) is 3.34. The molecule has 1 atom stereocenters. The lowest BCUT2D eigenvalue weighted by molar-refractivity contribution is 0.0166. The van der Waals surface area contributed by atoms with Gasteiger partial charge in [-0.15, -0.1) is 0 Å². The maximum atomic E-state index is 10.9. The Bertz CT molecular complexity index is 408. The number of rotatable bonds is 6. The molecule has 3 N–H and O–H groups in total. The molecule has 2 rings (SSSR count). The Hall–Kier alpha value is -1.06. The van der Waals surface area contributed by atoms with Crippen molar-refractivity contribution in [3.05, 3.63) is 29.8 Å². The fraction of sp³-hybridized carbons (Fsp3) is 0.667. The molecule has 0 radical (unpaired) electrons. The molecule has 1 fully saturated rings. The van der Waals surface area contributed by atoms with Gasteiger partial charge in [-0.1, -0.05) is 44.7 Å². The summed E-state index contributed by atoms with van der Waals surface area (Å²) in [4.78, 5) is 0. The predicted octanol–water partition coefficient (Wildman–Crippen LogP) is 3.81. The van der Waals surface area contributed by atoms with Crippen molar-refractivity contribution in [2.24, 2.45) is 11.1 Å². The molecular weight excluding hydrogens is 262 g/mol. The van der Waals surface area contributed by atoms with Crippen molar-refractivity contribution in [1.82, 2.24) is 0 Å². The lowest BCUT2D eigenvalue weighted by Gasteiger charge is -2.36. The second kappa shape index (κ2) is 7.81. The second-order valence-electron chi connectivity index (χ2n) is 6.30. The lowest BCUT2D eigenvalue weighted by atomic mass is 9.73. The summed E-state index contributed by atoms with van der Waals surface area (Å²) in [5, 5.41) is 10.9. The molecular formula is C18H29NO2. The second-order valence-corrected chi connectivity index (χ2v) is 6.30. The van der Waals surface area contributed by atoms with Crippen molar-refractivity contribution in [2.75, 3.05) is 13.2 Å². The highest BCUT2D eigenvalue weighted by atomic mass is 16.5. The molecule has 1 unspecified atom stereocenters. The van der Waals surface area contributed by atoms with Crippen LogP contribution in [0, 0.1) is 5.41 Å². The predicted molar refractivity (Wildman–Crippen MR) is 86.4 cm³/mol. The maximum Gasteiger partial charge on any atom is 0.119 e. The fourth-order valence-corrected chi connectivity index (χ4v) is 3.34. The minimum Gasteiger partial charge on any atom is -0.494 e. The van der Waals surface area contributed by atoms with Gasteiger partial charge in [-0.25, -0.2) is 0 Å². The summed E-state index contributed by atoms with van der Waals surface area (Å²) in [5.74, 6) is 0.871. The van der Waals surface area contributed by atoms with Crippen molar-refractivity contribution in [2.45, 2.75) is 58.0 Å². The van der Waals surface area contributed by atoms with Gasteiger partial charge in [0.15, 0.2) is 0 Å². The first kappa shape index (κ1) is 16.3. The molecule has 21 heavy (non-hydrogen) atoms. The summed E-state index contributed by atoms with van der Waals surface area (Å²) in [6, 6.07) is 7.88. The third-order valence-corrected chi connectivity index (χ3v) is 4.75. The van der Waals surface area contributed by atoms with Gasteiger partial charge in [0.1, 0.15) is 5.75 Å². The van der Waals surface area contributed by atoms with Crippen LogP contribution in [0.15, 0.2) is 24.3 Å². The first-order valence-corrected chi connectivity index (χ1v) is 8.33. The molecule has 1 saturated carbocycles. The molecule has 1 aliphatic rings. The monoisotopic (exact) mass is 291 g/mol. The Labute approximate surface area is 128 Å². The molecule has 3 heteroatoms. The van der Waals surface area contributed by atoms with Gasteiger partial charge in [0.05, 0.1) is 12.7 Å². The number of aliphatic hydroxyl groups excluding tert-OH is 1. The zero-order chi connectivity index (χ0) is 15.1. The largest absolute Gasteiger partial charge is 0.494 e. The van der Waals surface area contributed by atoms with Crippen molar-refractivity contribution < 1.29 is 9.84 Å². The summed E-state index contributed by atoms with van der Waals surface area (Å²) in [5.41, 5.74) is 6.87. The quantitative estimate of drug-likeness (QED) is 0.784. The third-order valence-electron chi connectivity index (χ3n) is 4.75. The molecule has 0 aromatic heterocycles. The highest BCUT2D eigenvalue weighted by Gasteiger charge is 2.37. The molecule has 0 aliphatic heterocycles. The molecule has 1 aromatic carbocycles. The molecule has 0 spiro atoms. The Kier molecular flexibility index (Phi) is 6.07. The number of nitrogens with two attached hydrogens (primary N) is 1. The van der Waals surface area contributed by atoms with E-state index in [1.54, 1.807) is 0 Å². The van der Waals surface area contributed by atoms with Crippen molar-refractivity contribution in [1.29, 1.82) is 0 Å². The smallest absolute Gasteiger partial charge is 0.119 e. The number of hydrogen-bond acceptors (Lipinski definition) is 3. The van der Waals surface area contributed by atoms with Gasteiger partial charge >= 0.3 is 0 Å². The SMILES string of the molecule is CCCOc1ccc(C(O)C2(CN)CCCCCC2)cc1.